The molecule has 1 N–H and O–H groups in total. The molecule has 12 heavy (non-hydrogen) atoms. The van der Waals surface area contributed by atoms with Gasteiger partial charge in [0, 0.05) is 7.11 Å². The molecule has 1 unspecified atom stereocenters. The van der Waals surface area contributed by atoms with Gasteiger partial charge in [-0.3, -0.25) is 4.79 Å². The summed E-state index contributed by atoms with van der Waals surface area (Å²) >= 11 is 0. The zero-order valence-electron chi connectivity index (χ0n) is 6.60. The SMILES string of the molecule is COC1O[C@@H]2CC(=O)O[C@@H]2[C@H]1O. The zero-order chi connectivity index (χ0) is 8.72. The summed E-state index contributed by atoms with van der Waals surface area (Å²) in [7, 11) is 1.44. The van der Waals surface area contributed by atoms with Crippen LogP contribution in [0.4, 0.5) is 0 Å². The lowest BCUT2D eigenvalue weighted by Crippen LogP contribution is -2.32. The van der Waals surface area contributed by atoms with E-state index in [2.05, 4.69) is 0 Å². The second-order valence-electron chi connectivity index (χ2n) is 2.93. The summed E-state index contributed by atoms with van der Waals surface area (Å²) in [4.78, 5) is 10.7. The van der Waals surface area contributed by atoms with Crippen molar-refractivity contribution in [2.45, 2.75) is 31.0 Å². The van der Waals surface area contributed by atoms with Crippen LogP contribution < -0.4 is 0 Å². The van der Waals surface area contributed by atoms with Crippen LogP contribution in [-0.4, -0.2) is 42.8 Å². The predicted octanol–water partition coefficient (Wildman–Crippen LogP) is -0.966. The van der Waals surface area contributed by atoms with Crippen molar-refractivity contribution in [1.29, 1.82) is 0 Å². The van der Waals surface area contributed by atoms with E-state index in [0.717, 1.165) is 0 Å². The minimum absolute atomic E-state index is 0.210. The smallest absolute Gasteiger partial charge is 0.309 e. The third-order valence-electron chi connectivity index (χ3n) is 2.16. The van der Waals surface area contributed by atoms with Gasteiger partial charge in [0.25, 0.3) is 0 Å². The van der Waals surface area contributed by atoms with Crippen molar-refractivity contribution >= 4 is 5.97 Å². The maximum Gasteiger partial charge on any atom is 0.309 e. The molecule has 0 bridgehead atoms. The fourth-order valence-corrected chi connectivity index (χ4v) is 1.57. The van der Waals surface area contributed by atoms with Gasteiger partial charge in [-0.25, -0.2) is 0 Å². The van der Waals surface area contributed by atoms with Crippen molar-refractivity contribution in [1.82, 2.24) is 0 Å². The van der Waals surface area contributed by atoms with Crippen LogP contribution in [0.15, 0.2) is 0 Å². The molecule has 5 nitrogen and oxygen atoms in total. The Kier molecular flexibility index (Phi) is 1.79. The molecule has 0 radical (unpaired) electrons. The first-order chi connectivity index (χ1) is 5.72. The van der Waals surface area contributed by atoms with Gasteiger partial charge in [-0.1, -0.05) is 0 Å². The molecule has 2 rings (SSSR count). The van der Waals surface area contributed by atoms with Gasteiger partial charge in [0.2, 0.25) is 0 Å². The summed E-state index contributed by atoms with van der Waals surface area (Å²) in [5.74, 6) is -0.321. The minimum Gasteiger partial charge on any atom is -0.456 e. The average Bonchev–Trinajstić information content (AvgIpc) is 2.51. The third kappa shape index (κ3) is 1.01. The number of rotatable bonds is 1. The first-order valence-electron chi connectivity index (χ1n) is 3.78. The molecule has 0 aromatic rings. The Morgan fingerprint density at radius 3 is 3.00 bits per heavy atom. The van der Waals surface area contributed by atoms with E-state index in [0.29, 0.717) is 0 Å². The van der Waals surface area contributed by atoms with Gasteiger partial charge in [0.15, 0.2) is 12.4 Å². The Balaban J connectivity index is 2.08. The molecule has 2 aliphatic heterocycles. The molecule has 68 valence electrons. The first-order valence-corrected chi connectivity index (χ1v) is 3.78. The number of hydrogen-bond acceptors (Lipinski definition) is 5. The summed E-state index contributed by atoms with van der Waals surface area (Å²) in [6, 6.07) is 0. The van der Waals surface area contributed by atoms with E-state index in [1.54, 1.807) is 0 Å². The largest absolute Gasteiger partial charge is 0.456 e. The molecule has 4 atom stereocenters. The van der Waals surface area contributed by atoms with E-state index in [1.165, 1.54) is 7.11 Å². The summed E-state index contributed by atoms with van der Waals surface area (Å²) in [6.45, 7) is 0. The topological polar surface area (TPSA) is 65.0 Å². The number of esters is 1. The third-order valence-corrected chi connectivity index (χ3v) is 2.16. The van der Waals surface area contributed by atoms with Crippen LogP contribution in [0.2, 0.25) is 0 Å². The standard InChI is InChI=1S/C7H10O5/c1-10-7-5(9)6-3(11-7)2-4(8)12-6/h3,5-7,9H,2H2,1H3/t3-,5-,6+,7?/m1/s1. The lowest BCUT2D eigenvalue weighted by atomic mass is 10.1. The van der Waals surface area contributed by atoms with E-state index in [1.807, 2.05) is 0 Å². The van der Waals surface area contributed by atoms with Crippen LogP contribution in [0.5, 0.6) is 0 Å². The highest BCUT2D eigenvalue weighted by Gasteiger charge is 2.51. The van der Waals surface area contributed by atoms with Crippen molar-refractivity contribution < 1.29 is 24.1 Å². The van der Waals surface area contributed by atoms with Gasteiger partial charge in [0.05, 0.1) is 6.42 Å². The van der Waals surface area contributed by atoms with E-state index in [4.69, 9.17) is 14.2 Å². The van der Waals surface area contributed by atoms with Gasteiger partial charge >= 0.3 is 5.97 Å². The number of fused-ring (bicyclic) bond motifs is 1. The van der Waals surface area contributed by atoms with Gasteiger partial charge < -0.3 is 19.3 Å². The highest BCUT2D eigenvalue weighted by molar-refractivity contribution is 5.72. The highest BCUT2D eigenvalue weighted by atomic mass is 16.7. The fourth-order valence-electron chi connectivity index (χ4n) is 1.57. The van der Waals surface area contributed by atoms with Crippen molar-refractivity contribution in [3.63, 3.8) is 0 Å². The molecule has 0 aliphatic carbocycles. The Bertz CT molecular complexity index is 204. The molecule has 0 saturated carbocycles. The summed E-state index contributed by atoms with van der Waals surface area (Å²) < 4.78 is 14.9. The molecular formula is C7H10O5. The molecule has 2 fully saturated rings. The molecular weight excluding hydrogens is 164 g/mol. The second-order valence-corrected chi connectivity index (χ2v) is 2.93. The van der Waals surface area contributed by atoms with Crippen LogP contribution in [0, 0.1) is 0 Å². The van der Waals surface area contributed by atoms with Gasteiger partial charge in [-0.15, -0.1) is 0 Å². The summed E-state index contributed by atoms with van der Waals surface area (Å²) in [5, 5.41) is 9.45. The average molecular weight is 174 g/mol. The van der Waals surface area contributed by atoms with Crippen molar-refractivity contribution in [3.8, 4) is 0 Å². The van der Waals surface area contributed by atoms with Crippen LogP contribution in [0.25, 0.3) is 0 Å². The number of methoxy groups -OCH3 is 1. The van der Waals surface area contributed by atoms with Crippen molar-refractivity contribution in [2.24, 2.45) is 0 Å². The number of hydrogen-bond donors (Lipinski definition) is 1. The second kappa shape index (κ2) is 2.69. The number of ether oxygens (including phenoxy) is 3. The Labute approximate surface area is 69.2 Å². The highest BCUT2D eigenvalue weighted by Crippen LogP contribution is 2.31. The fraction of sp³-hybridized carbons (Fsp3) is 0.857. The number of carbonyl (C=O) groups excluding carboxylic acids is 1. The normalized spacial score (nSPS) is 46.0. The van der Waals surface area contributed by atoms with E-state index >= 15 is 0 Å². The molecule has 0 amide bonds. The van der Waals surface area contributed by atoms with Crippen LogP contribution >= 0.6 is 0 Å². The molecule has 0 spiro atoms. The molecule has 2 heterocycles. The van der Waals surface area contributed by atoms with Gasteiger partial charge in [-0.05, 0) is 0 Å². The molecule has 2 aliphatic rings. The van der Waals surface area contributed by atoms with E-state index in [9.17, 15) is 9.90 Å². The van der Waals surface area contributed by atoms with E-state index in [-0.39, 0.29) is 18.5 Å². The van der Waals surface area contributed by atoms with Crippen LogP contribution in [-0.2, 0) is 19.0 Å². The first kappa shape index (κ1) is 7.97. The molecule has 0 aromatic carbocycles. The summed E-state index contributed by atoms with van der Waals surface area (Å²) in [6.07, 6.45) is -2.18. The van der Waals surface area contributed by atoms with E-state index < -0.39 is 18.5 Å². The lowest BCUT2D eigenvalue weighted by molar-refractivity contribution is -0.164. The zero-order valence-corrected chi connectivity index (χ0v) is 6.60. The molecule has 2 saturated heterocycles. The Morgan fingerprint density at radius 2 is 2.42 bits per heavy atom. The maximum atomic E-state index is 10.7. The predicted molar refractivity (Wildman–Crippen MR) is 36.2 cm³/mol. The number of aliphatic hydroxyl groups is 1. The van der Waals surface area contributed by atoms with Crippen molar-refractivity contribution in [2.75, 3.05) is 7.11 Å². The van der Waals surface area contributed by atoms with Gasteiger partial charge in [0.1, 0.15) is 12.2 Å². The summed E-state index contributed by atoms with van der Waals surface area (Å²) in [5.41, 5.74) is 0. The quantitative estimate of drug-likeness (QED) is 0.518. The number of carbonyl (C=O) groups is 1. The lowest BCUT2D eigenvalue weighted by Gasteiger charge is -2.14. The Morgan fingerprint density at radius 1 is 1.67 bits per heavy atom. The monoisotopic (exact) mass is 174 g/mol. The number of aliphatic hydroxyl groups excluding tert-OH is 1. The Hall–Kier alpha value is -0.650. The molecule has 5 heteroatoms. The maximum absolute atomic E-state index is 10.7. The van der Waals surface area contributed by atoms with Crippen molar-refractivity contribution in [3.05, 3.63) is 0 Å². The van der Waals surface area contributed by atoms with Gasteiger partial charge in [-0.2, -0.15) is 0 Å². The van der Waals surface area contributed by atoms with Crippen LogP contribution in [0.1, 0.15) is 6.42 Å². The van der Waals surface area contributed by atoms with Crippen LogP contribution in [0.3, 0.4) is 0 Å². The molecule has 0 aromatic heterocycles. The minimum atomic E-state index is -0.855.